The molecule has 2 rings (SSSR count). The molecule has 0 aliphatic carbocycles. The number of hydrogen-bond donors (Lipinski definition) is 3. The monoisotopic (exact) mass is 300 g/mol. The van der Waals surface area contributed by atoms with Gasteiger partial charge < -0.3 is 15.5 Å². The number of carbonyl (C=O) groups is 2. The molecule has 0 atom stereocenters. The lowest BCUT2D eigenvalue weighted by molar-refractivity contribution is -0.135. The highest BCUT2D eigenvalue weighted by atomic mass is 19.1. The van der Waals surface area contributed by atoms with Gasteiger partial charge in [-0.3, -0.25) is 9.59 Å². The number of rotatable bonds is 4. The number of aromatic hydroxyl groups is 1. The van der Waals surface area contributed by atoms with E-state index in [1.807, 2.05) is 0 Å². The maximum atomic E-state index is 13.4. The van der Waals surface area contributed by atoms with E-state index in [1.54, 1.807) is 6.07 Å². The zero-order valence-electron chi connectivity index (χ0n) is 11.2. The van der Waals surface area contributed by atoms with Crippen molar-refractivity contribution in [1.29, 1.82) is 0 Å². The molecule has 0 spiro atoms. The standard InChI is InChI=1S/C14H10BFN2O4/c15-9-2-1-7(3-10(9)16)8-4-11(19)13(17-5-8)14(22)18-6-12(20)21/h1-5,19H,6H2,(H,18,22)(H,20,21). The van der Waals surface area contributed by atoms with E-state index in [0.717, 1.165) is 0 Å². The fourth-order valence-corrected chi connectivity index (χ4v) is 1.73. The van der Waals surface area contributed by atoms with E-state index < -0.39 is 30.0 Å². The number of carbonyl (C=O) groups excluding carboxylic acids is 1. The van der Waals surface area contributed by atoms with E-state index in [2.05, 4.69) is 10.3 Å². The molecule has 110 valence electrons. The third kappa shape index (κ3) is 3.40. The lowest BCUT2D eigenvalue weighted by Crippen LogP contribution is -2.29. The normalized spacial score (nSPS) is 10.2. The summed E-state index contributed by atoms with van der Waals surface area (Å²) in [7, 11) is 5.38. The van der Waals surface area contributed by atoms with Crippen LogP contribution in [0.3, 0.4) is 0 Å². The Balaban J connectivity index is 2.27. The number of benzene rings is 1. The van der Waals surface area contributed by atoms with Crippen LogP contribution in [0, 0.1) is 5.82 Å². The number of hydrogen-bond acceptors (Lipinski definition) is 4. The molecular weight excluding hydrogens is 290 g/mol. The minimum absolute atomic E-state index is 0.00870. The van der Waals surface area contributed by atoms with Crippen molar-refractivity contribution in [3.63, 3.8) is 0 Å². The molecule has 1 heterocycles. The van der Waals surface area contributed by atoms with Gasteiger partial charge in [0.2, 0.25) is 0 Å². The molecule has 1 aromatic heterocycles. The number of halogens is 1. The number of nitrogens with one attached hydrogen (secondary N) is 1. The van der Waals surface area contributed by atoms with Gasteiger partial charge in [0.1, 0.15) is 26.0 Å². The van der Waals surface area contributed by atoms with E-state index in [0.29, 0.717) is 11.1 Å². The van der Waals surface area contributed by atoms with E-state index in [9.17, 15) is 19.1 Å². The third-order valence-electron chi connectivity index (χ3n) is 2.82. The smallest absolute Gasteiger partial charge is 0.322 e. The molecule has 0 aliphatic heterocycles. The van der Waals surface area contributed by atoms with Gasteiger partial charge in [-0.25, -0.2) is 9.37 Å². The molecule has 2 aromatic rings. The number of nitrogens with zero attached hydrogens (tertiary/aromatic N) is 1. The van der Waals surface area contributed by atoms with Crippen molar-refractivity contribution in [2.24, 2.45) is 0 Å². The van der Waals surface area contributed by atoms with Gasteiger partial charge in [0.15, 0.2) is 5.69 Å². The first-order valence-electron chi connectivity index (χ1n) is 6.13. The molecule has 0 bridgehead atoms. The maximum absolute atomic E-state index is 13.4. The van der Waals surface area contributed by atoms with Crippen molar-refractivity contribution in [2.45, 2.75) is 0 Å². The summed E-state index contributed by atoms with van der Waals surface area (Å²) in [6.07, 6.45) is 1.26. The van der Waals surface area contributed by atoms with Crippen LogP contribution in [0.4, 0.5) is 4.39 Å². The molecular formula is C14H10BFN2O4. The summed E-state index contributed by atoms with van der Waals surface area (Å²) in [5.74, 6) is -3.10. The predicted molar refractivity (Wildman–Crippen MR) is 76.7 cm³/mol. The predicted octanol–water partition coefficient (Wildman–Crippen LogP) is 0.201. The Morgan fingerprint density at radius 3 is 2.59 bits per heavy atom. The quantitative estimate of drug-likeness (QED) is 0.701. The van der Waals surface area contributed by atoms with Crippen LogP contribution >= 0.6 is 0 Å². The van der Waals surface area contributed by atoms with Crippen LogP contribution in [0.25, 0.3) is 11.1 Å². The van der Waals surface area contributed by atoms with Crippen molar-refractivity contribution in [1.82, 2.24) is 10.3 Å². The molecule has 22 heavy (non-hydrogen) atoms. The van der Waals surface area contributed by atoms with Gasteiger partial charge in [0.05, 0.1) is 0 Å². The molecule has 1 aromatic carbocycles. The second-order valence-electron chi connectivity index (χ2n) is 4.40. The largest absolute Gasteiger partial charge is 0.505 e. The molecule has 0 saturated heterocycles. The van der Waals surface area contributed by atoms with E-state index >= 15 is 0 Å². The van der Waals surface area contributed by atoms with Gasteiger partial charge in [-0.15, -0.1) is 0 Å². The highest BCUT2D eigenvalue weighted by Crippen LogP contribution is 2.24. The number of pyridine rings is 1. The number of aromatic nitrogens is 1. The van der Waals surface area contributed by atoms with Crippen LogP contribution in [0.2, 0.25) is 0 Å². The Labute approximate surface area is 126 Å². The lowest BCUT2D eigenvalue weighted by Gasteiger charge is -2.07. The van der Waals surface area contributed by atoms with Crippen LogP contribution in [0.15, 0.2) is 30.5 Å². The van der Waals surface area contributed by atoms with Crippen LogP contribution < -0.4 is 10.8 Å². The van der Waals surface area contributed by atoms with Crippen molar-refractivity contribution < 1.29 is 24.2 Å². The first-order valence-corrected chi connectivity index (χ1v) is 6.13. The second kappa shape index (κ2) is 6.25. The van der Waals surface area contributed by atoms with Crippen molar-refractivity contribution in [3.05, 3.63) is 42.0 Å². The zero-order valence-corrected chi connectivity index (χ0v) is 11.2. The van der Waals surface area contributed by atoms with Crippen molar-refractivity contribution >= 4 is 25.2 Å². The average molecular weight is 300 g/mol. The van der Waals surface area contributed by atoms with Gasteiger partial charge in [0.25, 0.3) is 5.91 Å². The highest BCUT2D eigenvalue weighted by Gasteiger charge is 2.15. The van der Waals surface area contributed by atoms with E-state index in [1.165, 1.54) is 24.4 Å². The first-order chi connectivity index (χ1) is 10.4. The van der Waals surface area contributed by atoms with Crippen molar-refractivity contribution in [2.75, 3.05) is 6.54 Å². The lowest BCUT2D eigenvalue weighted by atomic mass is 9.93. The first kappa shape index (κ1) is 15.5. The van der Waals surface area contributed by atoms with Crippen LogP contribution in [0.5, 0.6) is 5.75 Å². The SMILES string of the molecule is [B]c1ccc(-c2cnc(C(=O)NCC(=O)O)c(O)c2)cc1F. The minimum Gasteiger partial charge on any atom is -0.505 e. The van der Waals surface area contributed by atoms with E-state index in [-0.39, 0.29) is 11.2 Å². The number of carboxylic acid groups (broad SMARTS) is 1. The zero-order chi connectivity index (χ0) is 16.3. The number of amides is 1. The number of carboxylic acids is 1. The van der Waals surface area contributed by atoms with Crippen LogP contribution in [-0.2, 0) is 4.79 Å². The fraction of sp³-hybridized carbons (Fsp3) is 0.0714. The second-order valence-corrected chi connectivity index (χ2v) is 4.40. The molecule has 0 saturated carbocycles. The van der Waals surface area contributed by atoms with Crippen molar-refractivity contribution in [3.8, 4) is 16.9 Å². The molecule has 2 radical (unpaired) electrons. The molecule has 0 unspecified atom stereocenters. The molecule has 3 N–H and O–H groups in total. The summed E-state index contributed by atoms with van der Waals surface area (Å²) in [6.45, 7) is -0.592. The Morgan fingerprint density at radius 2 is 2.00 bits per heavy atom. The van der Waals surface area contributed by atoms with Crippen LogP contribution in [0.1, 0.15) is 10.5 Å². The number of aliphatic carboxylic acids is 1. The van der Waals surface area contributed by atoms with Gasteiger partial charge >= 0.3 is 5.97 Å². The van der Waals surface area contributed by atoms with Crippen LogP contribution in [-0.4, -0.2) is 41.5 Å². The summed E-state index contributed by atoms with van der Waals surface area (Å²) in [6, 6.07) is 5.32. The van der Waals surface area contributed by atoms with Gasteiger partial charge in [0, 0.05) is 11.8 Å². The molecule has 1 amide bonds. The van der Waals surface area contributed by atoms with Gasteiger partial charge in [-0.2, -0.15) is 0 Å². The van der Waals surface area contributed by atoms with Gasteiger partial charge in [-0.1, -0.05) is 17.6 Å². The Bertz CT molecular complexity index is 752. The molecule has 0 fully saturated rings. The maximum Gasteiger partial charge on any atom is 0.322 e. The highest BCUT2D eigenvalue weighted by molar-refractivity contribution is 6.32. The summed E-state index contributed by atoms with van der Waals surface area (Å²) in [5.41, 5.74) is 0.477. The molecule has 8 heteroatoms. The Kier molecular flexibility index (Phi) is 4.40. The fourth-order valence-electron chi connectivity index (χ4n) is 1.73. The summed E-state index contributed by atoms with van der Waals surface area (Å²) in [4.78, 5) is 25.8. The average Bonchev–Trinajstić information content (AvgIpc) is 2.47. The topological polar surface area (TPSA) is 99.5 Å². The minimum atomic E-state index is -1.22. The summed E-state index contributed by atoms with van der Waals surface area (Å²) >= 11 is 0. The van der Waals surface area contributed by atoms with Gasteiger partial charge in [-0.05, 0) is 17.7 Å². The molecule has 6 nitrogen and oxygen atoms in total. The Hall–Kier alpha value is -2.90. The summed E-state index contributed by atoms with van der Waals surface area (Å²) < 4.78 is 13.4. The Morgan fingerprint density at radius 1 is 1.27 bits per heavy atom. The summed E-state index contributed by atoms with van der Waals surface area (Å²) in [5, 5.41) is 20.4. The third-order valence-corrected chi connectivity index (χ3v) is 2.82. The van der Waals surface area contributed by atoms with E-state index in [4.69, 9.17) is 13.0 Å². The molecule has 0 aliphatic rings.